The lowest BCUT2D eigenvalue weighted by molar-refractivity contribution is -0.129. The molecule has 5 nitrogen and oxygen atoms in total. The summed E-state index contributed by atoms with van der Waals surface area (Å²) in [5, 5.41) is 1.04. The van der Waals surface area contributed by atoms with Crippen molar-refractivity contribution in [3.8, 4) is 0 Å². The molecule has 19 heavy (non-hydrogen) atoms. The lowest BCUT2D eigenvalue weighted by Crippen LogP contribution is -2.50. The fourth-order valence-electron chi connectivity index (χ4n) is 2.27. The first kappa shape index (κ1) is 12.4. The predicted molar refractivity (Wildman–Crippen MR) is 77.5 cm³/mol. The zero-order valence-electron chi connectivity index (χ0n) is 10.6. The summed E-state index contributed by atoms with van der Waals surface area (Å²) >= 11 is 1.71. The molecule has 2 aromatic rings. The Morgan fingerprint density at radius 1 is 1.26 bits per heavy atom. The van der Waals surface area contributed by atoms with Crippen molar-refractivity contribution >= 4 is 32.6 Å². The topological polar surface area (TPSA) is 62.5 Å². The van der Waals surface area contributed by atoms with E-state index in [1.807, 2.05) is 23.1 Å². The number of anilines is 1. The minimum Gasteiger partial charge on any atom is -0.345 e. The van der Waals surface area contributed by atoms with Gasteiger partial charge in [-0.2, -0.15) is 0 Å². The summed E-state index contributed by atoms with van der Waals surface area (Å²) in [7, 11) is 0. The van der Waals surface area contributed by atoms with Crippen LogP contribution in [0.3, 0.4) is 0 Å². The number of fused-ring (bicyclic) bond motifs is 1. The maximum absolute atomic E-state index is 11.5. The number of nitrogens with two attached hydrogens (primary N) is 1. The highest BCUT2D eigenvalue weighted by Gasteiger charge is 2.22. The molecule has 6 heteroatoms. The molecule has 3 rings (SSSR count). The van der Waals surface area contributed by atoms with E-state index in [9.17, 15) is 4.79 Å². The highest BCUT2D eigenvalue weighted by molar-refractivity contribution is 7.22. The van der Waals surface area contributed by atoms with Crippen LogP contribution in [-0.2, 0) is 4.79 Å². The number of carbonyl (C=O) groups excluding carboxylic acids is 1. The number of piperazine rings is 1. The zero-order chi connectivity index (χ0) is 13.2. The monoisotopic (exact) mass is 276 g/mol. The van der Waals surface area contributed by atoms with E-state index in [0.717, 1.165) is 36.8 Å². The predicted octanol–water partition coefficient (Wildman–Crippen LogP) is 0.904. The first-order valence-electron chi connectivity index (χ1n) is 6.36. The molecule has 100 valence electrons. The van der Waals surface area contributed by atoms with Crippen molar-refractivity contribution in [3.63, 3.8) is 0 Å². The van der Waals surface area contributed by atoms with Gasteiger partial charge in [-0.05, 0) is 12.1 Å². The van der Waals surface area contributed by atoms with Crippen molar-refractivity contribution in [1.29, 1.82) is 0 Å². The highest BCUT2D eigenvalue weighted by atomic mass is 32.1. The van der Waals surface area contributed by atoms with E-state index < -0.39 is 0 Å². The minimum absolute atomic E-state index is 0.0314. The number of thiazole rings is 1. The Bertz CT molecular complexity index is 556. The summed E-state index contributed by atoms with van der Waals surface area (Å²) in [6, 6.07) is 8.15. The van der Waals surface area contributed by atoms with Gasteiger partial charge in [-0.15, -0.1) is 0 Å². The molecule has 0 unspecified atom stereocenters. The second kappa shape index (κ2) is 5.14. The van der Waals surface area contributed by atoms with E-state index in [2.05, 4.69) is 16.0 Å². The molecule has 1 aromatic heterocycles. The maximum Gasteiger partial charge on any atom is 0.236 e. The molecule has 0 spiro atoms. The number of amides is 1. The van der Waals surface area contributed by atoms with Crippen molar-refractivity contribution in [2.75, 3.05) is 37.6 Å². The van der Waals surface area contributed by atoms with E-state index in [1.54, 1.807) is 11.3 Å². The quantitative estimate of drug-likeness (QED) is 0.885. The summed E-state index contributed by atoms with van der Waals surface area (Å²) in [5.74, 6) is 0.0314. The fourth-order valence-corrected chi connectivity index (χ4v) is 3.29. The molecule has 1 saturated heterocycles. The summed E-state index contributed by atoms with van der Waals surface area (Å²) in [4.78, 5) is 20.2. The third-order valence-electron chi connectivity index (χ3n) is 3.36. The number of nitrogens with zero attached hydrogens (tertiary/aromatic N) is 3. The van der Waals surface area contributed by atoms with Gasteiger partial charge in [-0.3, -0.25) is 4.79 Å². The molecule has 2 heterocycles. The first-order valence-corrected chi connectivity index (χ1v) is 7.18. The SMILES string of the molecule is NCC(=O)N1CCN(c2nc3ccccc3s2)CC1. The Morgan fingerprint density at radius 2 is 2.00 bits per heavy atom. The normalized spacial score (nSPS) is 16.1. The second-order valence-corrected chi connectivity index (χ2v) is 5.55. The summed E-state index contributed by atoms with van der Waals surface area (Å²) < 4.78 is 1.21. The Hall–Kier alpha value is -1.66. The maximum atomic E-state index is 11.5. The average molecular weight is 276 g/mol. The van der Waals surface area contributed by atoms with Gasteiger partial charge < -0.3 is 15.5 Å². The second-order valence-electron chi connectivity index (χ2n) is 4.54. The van der Waals surface area contributed by atoms with Crippen molar-refractivity contribution in [2.24, 2.45) is 5.73 Å². The Labute approximate surface area is 115 Å². The zero-order valence-corrected chi connectivity index (χ0v) is 11.4. The highest BCUT2D eigenvalue weighted by Crippen LogP contribution is 2.28. The van der Waals surface area contributed by atoms with E-state index in [4.69, 9.17) is 5.73 Å². The molecule has 1 aliphatic rings. The van der Waals surface area contributed by atoms with Crippen LogP contribution in [0, 0.1) is 0 Å². The van der Waals surface area contributed by atoms with E-state index in [0.29, 0.717) is 0 Å². The van der Waals surface area contributed by atoms with Gasteiger partial charge in [0.25, 0.3) is 0 Å². The van der Waals surface area contributed by atoms with Crippen LogP contribution < -0.4 is 10.6 Å². The molecular weight excluding hydrogens is 260 g/mol. The number of rotatable bonds is 2. The molecule has 0 radical (unpaired) electrons. The van der Waals surface area contributed by atoms with Gasteiger partial charge in [0.15, 0.2) is 5.13 Å². The van der Waals surface area contributed by atoms with Crippen LogP contribution in [0.4, 0.5) is 5.13 Å². The van der Waals surface area contributed by atoms with Gasteiger partial charge in [0.2, 0.25) is 5.91 Å². The first-order chi connectivity index (χ1) is 9.28. The molecule has 1 fully saturated rings. The third kappa shape index (κ3) is 2.41. The van der Waals surface area contributed by atoms with E-state index in [1.165, 1.54) is 4.70 Å². The van der Waals surface area contributed by atoms with Gasteiger partial charge >= 0.3 is 0 Å². The molecule has 1 aromatic carbocycles. The van der Waals surface area contributed by atoms with Crippen LogP contribution in [0.5, 0.6) is 0 Å². The minimum atomic E-state index is 0.0314. The van der Waals surface area contributed by atoms with Crippen molar-refractivity contribution in [2.45, 2.75) is 0 Å². The standard InChI is InChI=1S/C13H16N4OS/c14-9-12(18)16-5-7-17(8-6-16)13-15-10-3-1-2-4-11(10)19-13/h1-4H,5-9,14H2. The van der Waals surface area contributed by atoms with Crippen LogP contribution >= 0.6 is 11.3 Å². The number of aromatic nitrogens is 1. The van der Waals surface area contributed by atoms with Crippen LogP contribution in [0.25, 0.3) is 10.2 Å². The molecule has 0 atom stereocenters. The molecular formula is C13H16N4OS. The molecule has 0 aliphatic carbocycles. The third-order valence-corrected chi connectivity index (χ3v) is 4.46. The van der Waals surface area contributed by atoms with Crippen LogP contribution in [-0.4, -0.2) is 48.5 Å². The van der Waals surface area contributed by atoms with Crippen LogP contribution in [0.2, 0.25) is 0 Å². The van der Waals surface area contributed by atoms with Crippen LogP contribution in [0.1, 0.15) is 0 Å². The number of hydrogen-bond acceptors (Lipinski definition) is 5. The smallest absolute Gasteiger partial charge is 0.236 e. The van der Waals surface area contributed by atoms with Gasteiger partial charge in [-0.25, -0.2) is 4.98 Å². The number of para-hydroxylation sites is 1. The van der Waals surface area contributed by atoms with E-state index >= 15 is 0 Å². The number of hydrogen-bond donors (Lipinski definition) is 1. The molecule has 0 saturated carbocycles. The molecule has 2 N–H and O–H groups in total. The Kier molecular flexibility index (Phi) is 3.35. The van der Waals surface area contributed by atoms with Gasteiger partial charge in [0, 0.05) is 26.2 Å². The summed E-state index contributed by atoms with van der Waals surface area (Å²) in [6.45, 7) is 3.20. The van der Waals surface area contributed by atoms with Crippen molar-refractivity contribution in [1.82, 2.24) is 9.88 Å². The number of carbonyl (C=O) groups is 1. The largest absolute Gasteiger partial charge is 0.345 e. The average Bonchev–Trinajstić information content (AvgIpc) is 2.90. The van der Waals surface area contributed by atoms with Gasteiger partial charge in [-0.1, -0.05) is 23.5 Å². The summed E-state index contributed by atoms with van der Waals surface area (Å²) in [5.41, 5.74) is 6.43. The molecule has 0 bridgehead atoms. The lowest BCUT2D eigenvalue weighted by atomic mass is 10.3. The summed E-state index contributed by atoms with van der Waals surface area (Å²) in [6.07, 6.45) is 0. The van der Waals surface area contributed by atoms with Gasteiger partial charge in [0.1, 0.15) is 0 Å². The van der Waals surface area contributed by atoms with Crippen molar-refractivity contribution < 1.29 is 4.79 Å². The lowest BCUT2D eigenvalue weighted by Gasteiger charge is -2.34. The van der Waals surface area contributed by atoms with Crippen LogP contribution in [0.15, 0.2) is 24.3 Å². The Balaban J connectivity index is 1.72. The molecule has 1 aliphatic heterocycles. The Morgan fingerprint density at radius 3 is 2.68 bits per heavy atom. The molecule has 1 amide bonds. The van der Waals surface area contributed by atoms with E-state index in [-0.39, 0.29) is 12.5 Å². The fraction of sp³-hybridized carbons (Fsp3) is 0.385. The van der Waals surface area contributed by atoms with Gasteiger partial charge in [0.05, 0.1) is 16.8 Å². The van der Waals surface area contributed by atoms with Crippen molar-refractivity contribution in [3.05, 3.63) is 24.3 Å². The number of benzene rings is 1.